The molecule has 2 saturated heterocycles. The molecule has 0 spiro atoms. The van der Waals surface area contributed by atoms with Crippen molar-refractivity contribution in [2.75, 3.05) is 20.2 Å². The Morgan fingerprint density at radius 1 is 1.24 bits per heavy atom. The van der Waals surface area contributed by atoms with Crippen LogP contribution in [-0.2, 0) is 0 Å². The summed E-state index contributed by atoms with van der Waals surface area (Å²) in [6, 6.07) is 9.35. The molecule has 0 bridgehead atoms. The zero-order valence-corrected chi connectivity index (χ0v) is 10.6. The van der Waals surface area contributed by atoms with Crippen molar-refractivity contribution >= 4 is 0 Å². The zero-order chi connectivity index (χ0) is 11.7. The van der Waals surface area contributed by atoms with Gasteiger partial charge in [0.1, 0.15) is 5.75 Å². The molecule has 2 aliphatic heterocycles. The van der Waals surface area contributed by atoms with Crippen molar-refractivity contribution in [2.24, 2.45) is 0 Å². The summed E-state index contributed by atoms with van der Waals surface area (Å²) < 4.78 is 5.49. The van der Waals surface area contributed by atoms with Gasteiger partial charge >= 0.3 is 0 Å². The molecular weight excluding hydrogens is 210 g/mol. The second-order valence-corrected chi connectivity index (χ2v) is 5.32. The van der Waals surface area contributed by atoms with Gasteiger partial charge in [0.05, 0.1) is 7.11 Å². The third-order valence-corrected chi connectivity index (χ3v) is 4.34. The minimum absolute atomic E-state index is 0.675. The number of hydrogen-bond acceptors (Lipinski definition) is 2. The monoisotopic (exact) mass is 231 g/mol. The summed E-state index contributed by atoms with van der Waals surface area (Å²) in [5, 5.41) is 0. The number of nitrogens with zero attached hydrogens (tertiary/aromatic N) is 1. The van der Waals surface area contributed by atoms with Gasteiger partial charge in [-0.25, -0.2) is 0 Å². The first kappa shape index (κ1) is 11.1. The molecule has 2 atom stereocenters. The van der Waals surface area contributed by atoms with E-state index in [1.54, 1.807) is 7.11 Å². The van der Waals surface area contributed by atoms with Gasteiger partial charge in [0, 0.05) is 18.5 Å². The fourth-order valence-electron chi connectivity index (χ4n) is 3.48. The minimum Gasteiger partial charge on any atom is -0.496 e. The molecule has 2 nitrogen and oxygen atoms in total. The highest BCUT2D eigenvalue weighted by atomic mass is 16.5. The molecule has 92 valence electrons. The van der Waals surface area contributed by atoms with Crippen LogP contribution in [0.5, 0.6) is 5.75 Å². The summed E-state index contributed by atoms with van der Waals surface area (Å²) in [6.07, 6.45) is 5.51. The summed E-state index contributed by atoms with van der Waals surface area (Å²) >= 11 is 0. The maximum atomic E-state index is 5.49. The molecule has 1 unspecified atom stereocenters. The normalized spacial score (nSPS) is 29.0. The van der Waals surface area contributed by atoms with Gasteiger partial charge in [-0.15, -0.1) is 0 Å². The first-order valence-corrected chi connectivity index (χ1v) is 6.75. The van der Waals surface area contributed by atoms with Crippen LogP contribution < -0.4 is 4.74 Å². The van der Waals surface area contributed by atoms with Crippen molar-refractivity contribution < 1.29 is 4.74 Å². The summed E-state index contributed by atoms with van der Waals surface area (Å²) in [5.41, 5.74) is 1.41. The Morgan fingerprint density at radius 2 is 2.12 bits per heavy atom. The number of ether oxygens (including phenoxy) is 1. The minimum atomic E-state index is 0.675. The highest BCUT2D eigenvalue weighted by molar-refractivity contribution is 5.37. The third-order valence-electron chi connectivity index (χ3n) is 4.34. The van der Waals surface area contributed by atoms with Crippen LogP contribution in [-0.4, -0.2) is 31.1 Å². The van der Waals surface area contributed by atoms with Crippen molar-refractivity contribution in [1.82, 2.24) is 4.90 Å². The van der Waals surface area contributed by atoms with E-state index in [4.69, 9.17) is 4.74 Å². The molecule has 0 N–H and O–H groups in total. The van der Waals surface area contributed by atoms with E-state index >= 15 is 0 Å². The van der Waals surface area contributed by atoms with E-state index < -0.39 is 0 Å². The van der Waals surface area contributed by atoms with E-state index in [1.807, 2.05) is 0 Å². The van der Waals surface area contributed by atoms with Crippen LogP contribution in [0.15, 0.2) is 24.3 Å². The van der Waals surface area contributed by atoms with Gasteiger partial charge in [0.25, 0.3) is 0 Å². The summed E-state index contributed by atoms with van der Waals surface area (Å²) in [7, 11) is 1.78. The van der Waals surface area contributed by atoms with Gasteiger partial charge in [-0.05, 0) is 37.4 Å². The van der Waals surface area contributed by atoms with Gasteiger partial charge in [-0.1, -0.05) is 24.6 Å². The van der Waals surface area contributed by atoms with Gasteiger partial charge in [-0.3, -0.25) is 4.90 Å². The van der Waals surface area contributed by atoms with Crippen LogP contribution in [0.25, 0.3) is 0 Å². The smallest absolute Gasteiger partial charge is 0.122 e. The topological polar surface area (TPSA) is 12.5 Å². The van der Waals surface area contributed by atoms with E-state index in [0.717, 1.165) is 11.8 Å². The highest BCUT2D eigenvalue weighted by Gasteiger charge is 2.35. The number of hydrogen-bond donors (Lipinski definition) is 0. The van der Waals surface area contributed by atoms with E-state index in [-0.39, 0.29) is 0 Å². The van der Waals surface area contributed by atoms with Crippen molar-refractivity contribution in [2.45, 2.75) is 37.6 Å². The molecule has 2 fully saturated rings. The first-order chi connectivity index (χ1) is 8.38. The number of para-hydroxylation sites is 1. The SMILES string of the molecule is COc1ccccc1[C@H]1CC2CCCCN2C1. The maximum absolute atomic E-state index is 5.49. The van der Waals surface area contributed by atoms with Crippen molar-refractivity contribution in [3.8, 4) is 5.75 Å². The van der Waals surface area contributed by atoms with Crippen LogP contribution >= 0.6 is 0 Å². The third kappa shape index (κ3) is 2.06. The molecule has 1 aromatic carbocycles. The molecule has 0 radical (unpaired) electrons. The van der Waals surface area contributed by atoms with Gasteiger partial charge in [0.15, 0.2) is 0 Å². The Morgan fingerprint density at radius 3 is 2.94 bits per heavy atom. The van der Waals surface area contributed by atoms with Crippen molar-refractivity contribution in [3.63, 3.8) is 0 Å². The molecule has 0 amide bonds. The molecule has 2 aliphatic rings. The Balaban J connectivity index is 1.81. The maximum Gasteiger partial charge on any atom is 0.122 e. The predicted octanol–water partition coefficient (Wildman–Crippen LogP) is 3.04. The number of piperidine rings is 1. The lowest BCUT2D eigenvalue weighted by Crippen LogP contribution is -2.33. The summed E-state index contributed by atoms with van der Waals surface area (Å²) in [5.74, 6) is 1.74. The Kier molecular flexibility index (Phi) is 3.06. The Bertz CT molecular complexity index is 376. The van der Waals surface area contributed by atoms with Crippen LogP contribution in [0.3, 0.4) is 0 Å². The average molecular weight is 231 g/mol. The molecule has 0 aromatic heterocycles. The number of methoxy groups -OCH3 is 1. The molecular formula is C15H21NO. The predicted molar refractivity (Wildman–Crippen MR) is 69.6 cm³/mol. The molecule has 2 heteroatoms. The zero-order valence-electron chi connectivity index (χ0n) is 10.6. The fourth-order valence-corrected chi connectivity index (χ4v) is 3.48. The molecule has 1 aromatic rings. The lowest BCUT2D eigenvalue weighted by atomic mass is 9.93. The second-order valence-electron chi connectivity index (χ2n) is 5.32. The van der Waals surface area contributed by atoms with E-state index in [9.17, 15) is 0 Å². The van der Waals surface area contributed by atoms with Crippen LogP contribution in [0.1, 0.15) is 37.2 Å². The van der Waals surface area contributed by atoms with Gasteiger partial charge in [0.2, 0.25) is 0 Å². The second kappa shape index (κ2) is 4.69. The van der Waals surface area contributed by atoms with E-state index in [1.165, 1.54) is 44.3 Å². The number of benzene rings is 1. The first-order valence-electron chi connectivity index (χ1n) is 6.75. The van der Waals surface area contributed by atoms with Crippen LogP contribution in [0.4, 0.5) is 0 Å². The van der Waals surface area contributed by atoms with Gasteiger partial charge < -0.3 is 4.74 Å². The van der Waals surface area contributed by atoms with E-state index in [0.29, 0.717) is 5.92 Å². The molecule has 17 heavy (non-hydrogen) atoms. The Labute approximate surface area is 104 Å². The highest BCUT2D eigenvalue weighted by Crippen LogP contribution is 2.39. The lowest BCUT2D eigenvalue weighted by Gasteiger charge is -2.28. The summed E-state index contributed by atoms with van der Waals surface area (Å²) in [4.78, 5) is 2.68. The largest absolute Gasteiger partial charge is 0.496 e. The van der Waals surface area contributed by atoms with Crippen molar-refractivity contribution in [1.29, 1.82) is 0 Å². The molecule has 2 heterocycles. The quantitative estimate of drug-likeness (QED) is 0.775. The standard InChI is InChI=1S/C15H21NO/c1-17-15-8-3-2-7-14(15)12-10-13-6-4-5-9-16(13)11-12/h2-3,7-8,12-13H,4-6,9-11H2,1H3/t12-,13?/m0/s1. The van der Waals surface area contributed by atoms with Crippen LogP contribution in [0, 0.1) is 0 Å². The Hall–Kier alpha value is -1.02. The van der Waals surface area contributed by atoms with E-state index in [2.05, 4.69) is 29.2 Å². The number of rotatable bonds is 2. The summed E-state index contributed by atoms with van der Waals surface area (Å²) in [6.45, 7) is 2.53. The molecule has 3 rings (SSSR count). The number of fused-ring (bicyclic) bond motifs is 1. The molecule has 0 saturated carbocycles. The molecule has 0 aliphatic carbocycles. The average Bonchev–Trinajstić information content (AvgIpc) is 2.82. The van der Waals surface area contributed by atoms with Gasteiger partial charge in [-0.2, -0.15) is 0 Å². The lowest BCUT2D eigenvalue weighted by molar-refractivity contribution is 0.197. The van der Waals surface area contributed by atoms with Crippen molar-refractivity contribution in [3.05, 3.63) is 29.8 Å². The fraction of sp³-hybridized carbons (Fsp3) is 0.600. The van der Waals surface area contributed by atoms with Crippen LogP contribution in [0.2, 0.25) is 0 Å².